The molecular formula is C24H28N3O2-. The zero-order chi connectivity index (χ0) is 21.2. The molecule has 152 valence electrons. The smallest absolute Gasteiger partial charge is 0.162 e. The Hall–Kier alpha value is -2.95. The maximum absolute atomic E-state index is 11.6. The number of nitrogens with one attached hydrogen (secondary N) is 1. The van der Waals surface area contributed by atoms with Gasteiger partial charge in [-0.2, -0.15) is 0 Å². The van der Waals surface area contributed by atoms with E-state index in [1.54, 1.807) is 0 Å². The molecule has 1 N–H and O–H groups in total. The van der Waals surface area contributed by atoms with Crippen LogP contribution in [0.15, 0.2) is 48.5 Å². The summed E-state index contributed by atoms with van der Waals surface area (Å²) in [5.74, 6) is 0.161. The summed E-state index contributed by atoms with van der Waals surface area (Å²) in [6, 6.07) is 15.0. The number of carbonyl (C=O) groups is 1. The maximum atomic E-state index is 11.6. The number of carboxylic acids is 1. The Morgan fingerprint density at radius 2 is 1.69 bits per heavy atom. The zero-order valence-corrected chi connectivity index (χ0v) is 17.7. The first-order chi connectivity index (χ1) is 13.6. The van der Waals surface area contributed by atoms with Gasteiger partial charge >= 0.3 is 0 Å². The van der Waals surface area contributed by atoms with Crippen LogP contribution in [0.5, 0.6) is 0 Å². The van der Waals surface area contributed by atoms with Crippen molar-refractivity contribution in [1.82, 2.24) is 9.97 Å². The van der Waals surface area contributed by atoms with Crippen LogP contribution in [0.3, 0.4) is 0 Å². The van der Waals surface area contributed by atoms with Crippen LogP contribution < -0.4 is 10.4 Å². The van der Waals surface area contributed by atoms with Gasteiger partial charge in [-0.1, -0.05) is 71.0 Å². The summed E-state index contributed by atoms with van der Waals surface area (Å²) >= 11 is 0. The molecule has 3 rings (SSSR count). The molecule has 0 bridgehead atoms. The highest BCUT2D eigenvalue weighted by Gasteiger charge is 2.17. The van der Waals surface area contributed by atoms with Crippen molar-refractivity contribution in [3.63, 3.8) is 0 Å². The topological polar surface area (TPSA) is 77.9 Å². The molecule has 1 heterocycles. The van der Waals surface area contributed by atoms with E-state index < -0.39 is 12.0 Å². The molecule has 0 fully saturated rings. The lowest BCUT2D eigenvalue weighted by Crippen LogP contribution is -2.42. The number of carbonyl (C=O) groups excluding carboxylic acids is 1. The van der Waals surface area contributed by atoms with E-state index in [1.807, 2.05) is 50.2 Å². The molecule has 3 aromatic rings. The Balaban J connectivity index is 2.05. The second kappa shape index (κ2) is 8.19. The first-order valence-electron chi connectivity index (χ1n) is 10.00. The van der Waals surface area contributed by atoms with Gasteiger partial charge in [0.1, 0.15) is 5.82 Å². The van der Waals surface area contributed by atoms with E-state index in [4.69, 9.17) is 4.98 Å². The number of benzene rings is 2. The summed E-state index contributed by atoms with van der Waals surface area (Å²) in [5, 5.41) is 15.5. The molecule has 0 amide bonds. The van der Waals surface area contributed by atoms with Gasteiger partial charge in [-0.05, 0) is 35.4 Å². The fraction of sp³-hybridized carbons (Fsp3) is 0.375. The molecule has 0 unspecified atom stereocenters. The summed E-state index contributed by atoms with van der Waals surface area (Å²) in [4.78, 5) is 21.0. The van der Waals surface area contributed by atoms with Gasteiger partial charge in [0.05, 0.1) is 17.5 Å². The van der Waals surface area contributed by atoms with Crippen molar-refractivity contribution < 1.29 is 9.90 Å². The monoisotopic (exact) mass is 390 g/mol. The highest BCUT2D eigenvalue weighted by atomic mass is 16.4. The van der Waals surface area contributed by atoms with E-state index in [9.17, 15) is 9.90 Å². The molecule has 0 aliphatic carbocycles. The number of nitrogens with zero attached hydrogens (tertiary/aromatic N) is 2. The Bertz CT molecular complexity index is 1000. The number of carboxylic acid groups (broad SMARTS) is 1. The van der Waals surface area contributed by atoms with Gasteiger partial charge in [0.2, 0.25) is 0 Å². The molecule has 2 aromatic carbocycles. The highest BCUT2D eigenvalue weighted by Crippen LogP contribution is 2.28. The van der Waals surface area contributed by atoms with Crippen molar-refractivity contribution in [2.75, 3.05) is 5.32 Å². The zero-order valence-electron chi connectivity index (χ0n) is 17.7. The summed E-state index contributed by atoms with van der Waals surface area (Å²) < 4.78 is 0. The van der Waals surface area contributed by atoms with Gasteiger partial charge < -0.3 is 15.2 Å². The number of para-hydroxylation sites is 1. The minimum absolute atomic E-state index is 0.0635. The van der Waals surface area contributed by atoms with Gasteiger partial charge in [-0.15, -0.1) is 0 Å². The van der Waals surface area contributed by atoms with Gasteiger partial charge in [-0.25, -0.2) is 9.97 Å². The van der Waals surface area contributed by atoms with Gasteiger partial charge in [0, 0.05) is 10.9 Å². The van der Waals surface area contributed by atoms with E-state index in [-0.39, 0.29) is 11.3 Å². The van der Waals surface area contributed by atoms with Crippen LogP contribution in [0.25, 0.3) is 22.3 Å². The molecule has 0 aliphatic rings. The minimum Gasteiger partial charge on any atom is -0.548 e. The van der Waals surface area contributed by atoms with E-state index >= 15 is 0 Å². The third-order valence-corrected chi connectivity index (χ3v) is 4.91. The molecule has 0 saturated heterocycles. The highest BCUT2D eigenvalue weighted by molar-refractivity contribution is 5.92. The maximum Gasteiger partial charge on any atom is 0.162 e. The van der Waals surface area contributed by atoms with Crippen LogP contribution in [0.1, 0.15) is 46.6 Å². The minimum atomic E-state index is -1.13. The number of hydrogen-bond acceptors (Lipinski definition) is 5. The molecule has 0 spiro atoms. The van der Waals surface area contributed by atoms with E-state index in [2.05, 4.69) is 43.2 Å². The van der Waals surface area contributed by atoms with Crippen molar-refractivity contribution in [3.8, 4) is 11.4 Å². The average molecular weight is 391 g/mol. The first kappa shape index (κ1) is 20.8. The number of anilines is 1. The van der Waals surface area contributed by atoms with Crippen LogP contribution in [-0.4, -0.2) is 22.0 Å². The number of aliphatic carboxylic acids is 1. The van der Waals surface area contributed by atoms with E-state index in [0.717, 1.165) is 16.5 Å². The van der Waals surface area contributed by atoms with Crippen molar-refractivity contribution in [2.24, 2.45) is 5.92 Å². The molecule has 0 aliphatic heterocycles. The molecule has 0 saturated carbocycles. The van der Waals surface area contributed by atoms with Crippen LogP contribution in [-0.2, 0) is 10.2 Å². The fourth-order valence-corrected chi connectivity index (χ4v) is 3.29. The molecule has 1 atom stereocenters. The molecule has 5 nitrogen and oxygen atoms in total. The Labute approximate surface area is 172 Å². The second-order valence-electron chi connectivity index (χ2n) is 8.89. The number of hydrogen-bond donors (Lipinski definition) is 1. The molecule has 29 heavy (non-hydrogen) atoms. The second-order valence-corrected chi connectivity index (χ2v) is 8.89. The van der Waals surface area contributed by atoms with Crippen LogP contribution in [0.4, 0.5) is 5.82 Å². The van der Waals surface area contributed by atoms with Crippen molar-refractivity contribution >= 4 is 22.7 Å². The third kappa shape index (κ3) is 4.91. The predicted molar refractivity (Wildman–Crippen MR) is 116 cm³/mol. The average Bonchev–Trinajstić information content (AvgIpc) is 2.66. The van der Waals surface area contributed by atoms with Gasteiger partial charge in [-0.3, -0.25) is 0 Å². The largest absolute Gasteiger partial charge is 0.548 e. The molecule has 1 aromatic heterocycles. The summed E-state index contributed by atoms with van der Waals surface area (Å²) in [7, 11) is 0. The molecular weight excluding hydrogens is 362 g/mol. The number of aromatic nitrogens is 2. The lowest BCUT2D eigenvalue weighted by molar-refractivity contribution is -0.307. The summed E-state index contributed by atoms with van der Waals surface area (Å²) in [6.07, 6.45) is 0.455. The van der Waals surface area contributed by atoms with Gasteiger partial charge in [0.25, 0.3) is 0 Å². The van der Waals surface area contributed by atoms with Crippen LogP contribution >= 0.6 is 0 Å². The van der Waals surface area contributed by atoms with Crippen LogP contribution in [0, 0.1) is 5.92 Å². The lowest BCUT2D eigenvalue weighted by Gasteiger charge is -2.23. The lowest BCUT2D eigenvalue weighted by atomic mass is 9.87. The molecule has 0 radical (unpaired) electrons. The Morgan fingerprint density at radius 3 is 2.28 bits per heavy atom. The Morgan fingerprint density at radius 1 is 1.03 bits per heavy atom. The third-order valence-electron chi connectivity index (χ3n) is 4.91. The fourth-order valence-electron chi connectivity index (χ4n) is 3.29. The number of fused-ring (bicyclic) bond motifs is 1. The van der Waals surface area contributed by atoms with Crippen LogP contribution in [0.2, 0.25) is 0 Å². The summed E-state index contributed by atoms with van der Waals surface area (Å²) in [5.41, 5.74) is 2.95. The van der Waals surface area contributed by atoms with E-state index in [0.29, 0.717) is 18.1 Å². The SMILES string of the molecule is CC(C)C[C@@H](Nc1nc(-c2ccc(C(C)(C)C)cc2)nc2ccccc12)C(=O)[O-]. The van der Waals surface area contributed by atoms with Crippen molar-refractivity contribution in [3.05, 3.63) is 54.1 Å². The predicted octanol–water partition coefficient (Wildman–Crippen LogP) is 4.17. The summed E-state index contributed by atoms with van der Waals surface area (Å²) in [6.45, 7) is 10.5. The Kier molecular flexibility index (Phi) is 5.87. The standard InChI is InChI=1S/C24H29N3O2/c1-15(2)14-20(23(28)29)26-22-18-8-6-7-9-19(18)25-21(27-22)16-10-12-17(13-11-16)24(3,4)5/h6-13,15,20H,14H2,1-5H3,(H,28,29)(H,25,26,27)/p-1/t20-/m1/s1. The normalized spacial score (nSPS) is 12.9. The quantitative estimate of drug-likeness (QED) is 0.683. The first-order valence-corrected chi connectivity index (χ1v) is 10.00. The molecule has 5 heteroatoms. The number of rotatable bonds is 6. The van der Waals surface area contributed by atoms with Crippen molar-refractivity contribution in [1.29, 1.82) is 0 Å². The van der Waals surface area contributed by atoms with Crippen molar-refractivity contribution in [2.45, 2.75) is 52.5 Å². The van der Waals surface area contributed by atoms with Gasteiger partial charge in [0.15, 0.2) is 5.82 Å². The van der Waals surface area contributed by atoms with E-state index in [1.165, 1.54) is 5.56 Å².